The Bertz CT molecular complexity index is 394. The smallest absolute Gasteiger partial charge is 0.306 e. The first-order valence-corrected chi connectivity index (χ1v) is 6.47. The van der Waals surface area contributed by atoms with E-state index in [1.165, 1.54) is 0 Å². The molecule has 2 rings (SSSR count). The Hall–Kier alpha value is -1.12. The molecule has 1 spiro atoms. The molecule has 1 aliphatic carbocycles. The van der Waals surface area contributed by atoms with Crippen molar-refractivity contribution in [3.63, 3.8) is 0 Å². The summed E-state index contributed by atoms with van der Waals surface area (Å²) in [5, 5.41) is 0. The minimum atomic E-state index is -0.590. The Kier molecular flexibility index (Phi) is 3.11. The highest BCUT2D eigenvalue weighted by Crippen LogP contribution is 2.49. The number of ether oxygens (including phenoxy) is 1. The highest BCUT2D eigenvalue weighted by Gasteiger charge is 2.55. The van der Waals surface area contributed by atoms with E-state index in [0.29, 0.717) is 12.8 Å². The maximum Gasteiger partial charge on any atom is 0.306 e. The van der Waals surface area contributed by atoms with Crippen LogP contribution in [0.1, 0.15) is 52.9 Å². The maximum absolute atomic E-state index is 12.2. The van der Waals surface area contributed by atoms with E-state index in [4.69, 9.17) is 4.74 Å². The van der Waals surface area contributed by atoms with Crippen LogP contribution in [0.2, 0.25) is 0 Å². The van der Waals surface area contributed by atoms with Gasteiger partial charge in [-0.3, -0.25) is 9.59 Å². The van der Waals surface area contributed by atoms with Gasteiger partial charge in [0.2, 0.25) is 0 Å². The Labute approximate surface area is 102 Å². The van der Waals surface area contributed by atoms with Gasteiger partial charge in [0.25, 0.3) is 0 Å². The first-order chi connectivity index (χ1) is 8.03. The number of hydrogen-bond donors (Lipinski definition) is 0. The van der Waals surface area contributed by atoms with Crippen molar-refractivity contribution in [2.75, 3.05) is 0 Å². The SMILES string of the molecule is CCCC[C@@H]1C(=O)C(C)=C(C)[C@]12CCC(=O)O2. The van der Waals surface area contributed by atoms with E-state index in [9.17, 15) is 9.59 Å². The molecule has 1 heterocycles. The molecular formula is C14H20O3. The van der Waals surface area contributed by atoms with Crippen LogP contribution < -0.4 is 0 Å². The summed E-state index contributed by atoms with van der Waals surface area (Å²) >= 11 is 0. The van der Waals surface area contributed by atoms with Gasteiger partial charge in [-0.05, 0) is 31.4 Å². The van der Waals surface area contributed by atoms with E-state index in [1.54, 1.807) is 0 Å². The minimum absolute atomic E-state index is 0.131. The zero-order chi connectivity index (χ0) is 12.6. The third kappa shape index (κ3) is 1.72. The Balaban J connectivity index is 2.32. The van der Waals surface area contributed by atoms with Crippen LogP contribution in [0.15, 0.2) is 11.1 Å². The van der Waals surface area contributed by atoms with Gasteiger partial charge in [-0.2, -0.15) is 0 Å². The van der Waals surface area contributed by atoms with E-state index in [0.717, 1.165) is 30.4 Å². The zero-order valence-electron chi connectivity index (χ0n) is 10.8. The number of rotatable bonds is 3. The van der Waals surface area contributed by atoms with Gasteiger partial charge >= 0.3 is 5.97 Å². The molecule has 2 aliphatic rings. The molecule has 17 heavy (non-hydrogen) atoms. The summed E-state index contributed by atoms with van der Waals surface area (Å²) in [6.45, 7) is 5.91. The molecule has 94 valence electrons. The summed E-state index contributed by atoms with van der Waals surface area (Å²) < 4.78 is 5.55. The molecule has 0 unspecified atom stereocenters. The van der Waals surface area contributed by atoms with Crippen molar-refractivity contribution in [1.82, 2.24) is 0 Å². The average molecular weight is 236 g/mol. The number of carbonyl (C=O) groups is 2. The third-order valence-electron chi connectivity index (χ3n) is 4.29. The lowest BCUT2D eigenvalue weighted by molar-refractivity contribution is -0.150. The van der Waals surface area contributed by atoms with E-state index in [1.807, 2.05) is 13.8 Å². The first kappa shape index (κ1) is 12.3. The van der Waals surface area contributed by atoms with E-state index in [2.05, 4.69) is 6.92 Å². The first-order valence-electron chi connectivity index (χ1n) is 6.47. The minimum Gasteiger partial charge on any atom is -0.454 e. The standard InChI is InChI=1S/C14H20O3/c1-4-5-6-11-13(16)9(2)10(3)14(11)8-7-12(15)17-14/h11H,4-8H2,1-3H3/t11-,14-/m1/s1. The Morgan fingerprint density at radius 3 is 2.59 bits per heavy atom. The predicted octanol–water partition coefficient (Wildman–Crippen LogP) is 2.79. The number of esters is 1. The quantitative estimate of drug-likeness (QED) is 0.708. The molecule has 3 heteroatoms. The summed E-state index contributed by atoms with van der Waals surface area (Å²) in [4.78, 5) is 23.7. The van der Waals surface area contributed by atoms with Crippen LogP contribution in [0.5, 0.6) is 0 Å². The maximum atomic E-state index is 12.2. The molecule has 0 bridgehead atoms. The van der Waals surface area contributed by atoms with Crippen molar-refractivity contribution >= 4 is 11.8 Å². The highest BCUT2D eigenvalue weighted by molar-refractivity contribution is 6.02. The van der Waals surface area contributed by atoms with Crippen LogP contribution in [-0.2, 0) is 14.3 Å². The largest absolute Gasteiger partial charge is 0.454 e. The molecule has 1 aliphatic heterocycles. The normalized spacial score (nSPS) is 32.8. The molecule has 1 fully saturated rings. The van der Waals surface area contributed by atoms with Crippen LogP contribution in [0.3, 0.4) is 0 Å². The van der Waals surface area contributed by atoms with Crippen LogP contribution in [-0.4, -0.2) is 17.4 Å². The van der Waals surface area contributed by atoms with Crippen LogP contribution in [0.4, 0.5) is 0 Å². The monoisotopic (exact) mass is 236 g/mol. The fourth-order valence-electron chi connectivity index (χ4n) is 3.11. The molecule has 2 atom stereocenters. The molecule has 0 amide bonds. The zero-order valence-corrected chi connectivity index (χ0v) is 10.8. The second-order valence-corrected chi connectivity index (χ2v) is 5.17. The second-order valence-electron chi connectivity index (χ2n) is 5.17. The van der Waals surface area contributed by atoms with E-state index in [-0.39, 0.29) is 17.7 Å². The van der Waals surface area contributed by atoms with Crippen molar-refractivity contribution in [2.45, 2.75) is 58.5 Å². The number of carbonyl (C=O) groups excluding carboxylic acids is 2. The molecule has 0 radical (unpaired) electrons. The van der Waals surface area contributed by atoms with Gasteiger partial charge in [0.05, 0.1) is 5.92 Å². The van der Waals surface area contributed by atoms with Crippen molar-refractivity contribution < 1.29 is 14.3 Å². The van der Waals surface area contributed by atoms with Crippen molar-refractivity contribution in [2.24, 2.45) is 5.92 Å². The van der Waals surface area contributed by atoms with Gasteiger partial charge in [0.15, 0.2) is 5.78 Å². The Morgan fingerprint density at radius 2 is 2.06 bits per heavy atom. The fraction of sp³-hybridized carbons (Fsp3) is 0.714. The van der Waals surface area contributed by atoms with Gasteiger partial charge < -0.3 is 4.74 Å². The lowest BCUT2D eigenvalue weighted by atomic mass is 9.80. The number of hydrogen-bond acceptors (Lipinski definition) is 3. The molecule has 0 aromatic rings. The predicted molar refractivity (Wildman–Crippen MR) is 64.5 cm³/mol. The molecule has 1 saturated heterocycles. The number of unbranched alkanes of at least 4 members (excludes halogenated alkanes) is 1. The van der Waals surface area contributed by atoms with Crippen molar-refractivity contribution in [1.29, 1.82) is 0 Å². The number of ketones is 1. The summed E-state index contributed by atoms with van der Waals surface area (Å²) in [5.74, 6) is -0.104. The van der Waals surface area contributed by atoms with Gasteiger partial charge in [-0.15, -0.1) is 0 Å². The number of allylic oxidation sites excluding steroid dienone is 1. The average Bonchev–Trinajstić information content (AvgIpc) is 2.76. The highest BCUT2D eigenvalue weighted by atomic mass is 16.6. The summed E-state index contributed by atoms with van der Waals surface area (Å²) in [5.41, 5.74) is 1.20. The number of Topliss-reactive ketones (excluding diaryl/α,β-unsaturated/α-hetero) is 1. The second kappa shape index (κ2) is 4.28. The van der Waals surface area contributed by atoms with E-state index >= 15 is 0 Å². The van der Waals surface area contributed by atoms with Gasteiger partial charge in [0.1, 0.15) is 5.60 Å². The van der Waals surface area contributed by atoms with Crippen molar-refractivity contribution in [3.05, 3.63) is 11.1 Å². The topological polar surface area (TPSA) is 43.4 Å². The summed E-state index contributed by atoms with van der Waals surface area (Å²) in [7, 11) is 0. The van der Waals surface area contributed by atoms with Gasteiger partial charge in [0, 0.05) is 12.8 Å². The lowest BCUT2D eigenvalue weighted by Crippen LogP contribution is -2.38. The summed E-state index contributed by atoms with van der Waals surface area (Å²) in [6.07, 6.45) is 4.02. The molecule has 0 aromatic carbocycles. The van der Waals surface area contributed by atoms with Gasteiger partial charge in [-0.25, -0.2) is 0 Å². The van der Waals surface area contributed by atoms with Crippen LogP contribution in [0.25, 0.3) is 0 Å². The van der Waals surface area contributed by atoms with Crippen LogP contribution in [0, 0.1) is 5.92 Å². The van der Waals surface area contributed by atoms with Crippen molar-refractivity contribution in [3.8, 4) is 0 Å². The molecule has 0 saturated carbocycles. The van der Waals surface area contributed by atoms with Crippen LogP contribution >= 0.6 is 0 Å². The van der Waals surface area contributed by atoms with Gasteiger partial charge in [-0.1, -0.05) is 19.8 Å². The van der Waals surface area contributed by atoms with E-state index < -0.39 is 5.60 Å². The molecular weight excluding hydrogens is 216 g/mol. The Morgan fingerprint density at radius 1 is 1.35 bits per heavy atom. The molecule has 3 nitrogen and oxygen atoms in total. The molecule has 0 aromatic heterocycles. The fourth-order valence-corrected chi connectivity index (χ4v) is 3.11. The summed E-state index contributed by atoms with van der Waals surface area (Å²) in [6, 6.07) is 0. The third-order valence-corrected chi connectivity index (χ3v) is 4.29. The molecule has 0 N–H and O–H groups in total. The lowest BCUT2D eigenvalue weighted by Gasteiger charge is -2.30.